The number of nitrogens with one attached hydrogen (secondary N) is 2. The maximum Gasteiger partial charge on any atom is 0.268 e. The Kier molecular flexibility index (Phi) is 4.14. The second-order valence-electron chi connectivity index (χ2n) is 5.41. The van der Waals surface area contributed by atoms with Gasteiger partial charge in [-0.1, -0.05) is 6.42 Å². The molecule has 0 amide bonds. The van der Waals surface area contributed by atoms with Gasteiger partial charge in [-0.15, -0.1) is 11.3 Å². The first-order chi connectivity index (χ1) is 9.78. The van der Waals surface area contributed by atoms with Crippen molar-refractivity contribution in [1.29, 1.82) is 0 Å². The lowest BCUT2D eigenvalue weighted by Crippen LogP contribution is -2.27. The second-order valence-corrected chi connectivity index (χ2v) is 6.33. The number of thiophene rings is 1. The molecule has 5 nitrogen and oxygen atoms in total. The van der Waals surface area contributed by atoms with Crippen LogP contribution >= 0.6 is 11.3 Å². The molecule has 0 radical (unpaired) electrons. The van der Waals surface area contributed by atoms with Crippen LogP contribution in [0.5, 0.6) is 0 Å². The van der Waals surface area contributed by atoms with Gasteiger partial charge in [0.05, 0.1) is 12.1 Å². The van der Waals surface area contributed by atoms with Crippen molar-refractivity contribution in [2.45, 2.75) is 25.8 Å². The van der Waals surface area contributed by atoms with Crippen LogP contribution in [0.1, 0.15) is 25.1 Å². The molecule has 0 aliphatic heterocycles. The lowest BCUT2D eigenvalue weighted by molar-refractivity contribution is 0.192. The summed E-state index contributed by atoms with van der Waals surface area (Å²) in [7, 11) is 0. The Morgan fingerprint density at radius 1 is 1.45 bits per heavy atom. The van der Waals surface area contributed by atoms with Crippen LogP contribution in [0.4, 0.5) is 0 Å². The van der Waals surface area contributed by atoms with E-state index >= 15 is 0 Å². The summed E-state index contributed by atoms with van der Waals surface area (Å²) in [6.45, 7) is 1.72. The topological polar surface area (TPSA) is 78.0 Å². The van der Waals surface area contributed by atoms with Gasteiger partial charge in [0.25, 0.3) is 5.56 Å². The van der Waals surface area contributed by atoms with Crippen molar-refractivity contribution in [1.82, 2.24) is 15.3 Å². The monoisotopic (exact) mass is 293 g/mol. The van der Waals surface area contributed by atoms with Gasteiger partial charge in [0.15, 0.2) is 0 Å². The standard InChI is InChI=1S/C14H19N3O2S/c18-8-10-3-1-2-9(10)6-15-7-12-16-11-4-5-20-13(11)14(19)17-12/h4-5,9-10,15,18H,1-3,6-8H2,(H,16,17,19). The van der Waals surface area contributed by atoms with Crippen molar-refractivity contribution in [2.75, 3.05) is 13.2 Å². The molecule has 108 valence electrons. The molecule has 1 saturated carbocycles. The summed E-state index contributed by atoms with van der Waals surface area (Å²) in [5.41, 5.74) is 0.709. The van der Waals surface area contributed by atoms with Crippen molar-refractivity contribution < 1.29 is 5.11 Å². The zero-order chi connectivity index (χ0) is 13.9. The van der Waals surface area contributed by atoms with Crippen LogP contribution in [-0.2, 0) is 6.54 Å². The number of aliphatic hydroxyl groups excluding tert-OH is 1. The third-order valence-corrected chi connectivity index (χ3v) is 5.02. The quantitative estimate of drug-likeness (QED) is 0.780. The van der Waals surface area contributed by atoms with Gasteiger partial charge < -0.3 is 15.4 Å². The summed E-state index contributed by atoms with van der Waals surface area (Å²) in [6.07, 6.45) is 3.50. The zero-order valence-electron chi connectivity index (χ0n) is 11.3. The molecule has 1 aliphatic rings. The Balaban J connectivity index is 1.61. The van der Waals surface area contributed by atoms with Crippen LogP contribution in [0.25, 0.3) is 10.2 Å². The third-order valence-electron chi connectivity index (χ3n) is 4.11. The predicted molar refractivity (Wildman–Crippen MR) is 79.9 cm³/mol. The Hall–Kier alpha value is -1.24. The summed E-state index contributed by atoms with van der Waals surface area (Å²) in [5, 5.41) is 14.5. The molecule has 0 bridgehead atoms. The molecule has 2 heterocycles. The number of aromatic amines is 1. The normalized spacial score (nSPS) is 22.6. The molecule has 2 atom stereocenters. The average molecular weight is 293 g/mol. The SMILES string of the molecule is O=c1[nH]c(CNCC2CCCC2CO)nc2ccsc12. The van der Waals surface area contributed by atoms with Crippen LogP contribution in [0, 0.1) is 11.8 Å². The summed E-state index contributed by atoms with van der Waals surface area (Å²) in [5.74, 6) is 1.64. The number of aliphatic hydroxyl groups is 1. The van der Waals surface area contributed by atoms with Crippen molar-refractivity contribution in [3.05, 3.63) is 27.6 Å². The fourth-order valence-corrected chi connectivity index (χ4v) is 3.73. The number of hydrogen-bond acceptors (Lipinski definition) is 5. The lowest BCUT2D eigenvalue weighted by atomic mass is 9.97. The van der Waals surface area contributed by atoms with E-state index in [0.29, 0.717) is 28.9 Å². The molecule has 3 rings (SSSR count). The van der Waals surface area contributed by atoms with Crippen molar-refractivity contribution in [3.63, 3.8) is 0 Å². The number of H-pyrrole nitrogens is 1. The van der Waals surface area contributed by atoms with E-state index in [0.717, 1.165) is 18.5 Å². The van der Waals surface area contributed by atoms with Gasteiger partial charge in [0.1, 0.15) is 10.5 Å². The summed E-state index contributed by atoms with van der Waals surface area (Å²) in [4.78, 5) is 19.1. The first kappa shape index (κ1) is 13.7. The number of fused-ring (bicyclic) bond motifs is 1. The summed E-state index contributed by atoms with van der Waals surface area (Å²) < 4.78 is 0.685. The minimum Gasteiger partial charge on any atom is -0.396 e. The maximum absolute atomic E-state index is 11.8. The van der Waals surface area contributed by atoms with E-state index in [1.54, 1.807) is 0 Å². The van der Waals surface area contributed by atoms with Gasteiger partial charge in [-0.25, -0.2) is 4.98 Å². The molecule has 6 heteroatoms. The predicted octanol–water partition coefficient (Wildman–Crippen LogP) is 1.48. The van der Waals surface area contributed by atoms with Crippen molar-refractivity contribution in [3.8, 4) is 0 Å². The number of aromatic nitrogens is 2. The maximum atomic E-state index is 11.8. The first-order valence-electron chi connectivity index (χ1n) is 7.06. The Morgan fingerprint density at radius 2 is 2.30 bits per heavy atom. The highest BCUT2D eigenvalue weighted by Gasteiger charge is 2.25. The van der Waals surface area contributed by atoms with Gasteiger partial charge in [-0.05, 0) is 42.7 Å². The molecule has 2 unspecified atom stereocenters. The van der Waals surface area contributed by atoms with Gasteiger partial charge in [0.2, 0.25) is 0 Å². The highest BCUT2D eigenvalue weighted by Crippen LogP contribution is 2.30. The number of nitrogens with zero attached hydrogens (tertiary/aromatic N) is 1. The fourth-order valence-electron chi connectivity index (χ4n) is 3.00. The van der Waals surface area contributed by atoms with E-state index in [-0.39, 0.29) is 12.2 Å². The molecule has 0 spiro atoms. The molecule has 3 N–H and O–H groups in total. The molecule has 0 saturated heterocycles. The first-order valence-corrected chi connectivity index (χ1v) is 7.94. The molecule has 2 aromatic rings. The molecule has 1 fully saturated rings. The molecular formula is C14H19N3O2S. The van der Waals surface area contributed by atoms with Gasteiger partial charge in [-0.2, -0.15) is 0 Å². The summed E-state index contributed by atoms with van der Waals surface area (Å²) in [6, 6.07) is 1.87. The largest absolute Gasteiger partial charge is 0.396 e. The van der Waals surface area contributed by atoms with E-state index in [1.807, 2.05) is 11.4 Å². The van der Waals surface area contributed by atoms with Gasteiger partial charge in [-0.3, -0.25) is 4.79 Å². The zero-order valence-corrected chi connectivity index (χ0v) is 12.1. The second kappa shape index (κ2) is 6.03. The third kappa shape index (κ3) is 2.77. The minimum absolute atomic E-state index is 0.0594. The highest BCUT2D eigenvalue weighted by molar-refractivity contribution is 7.17. The van der Waals surface area contributed by atoms with Crippen LogP contribution < -0.4 is 10.9 Å². The van der Waals surface area contributed by atoms with Gasteiger partial charge >= 0.3 is 0 Å². The van der Waals surface area contributed by atoms with E-state index in [2.05, 4.69) is 15.3 Å². The molecule has 20 heavy (non-hydrogen) atoms. The van der Waals surface area contributed by atoms with E-state index in [1.165, 1.54) is 24.2 Å². The number of rotatable bonds is 5. The van der Waals surface area contributed by atoms with Crippen LogP contribution in [0.15, 0.2) is 16.2 Å². The van der Waals surface area contributed by atoms with Crippen LogP contribution in [-0.4, -0.2) is 28.2 Å². The average Bonchev–Trinajstić information content (AvgIpc) is 3.07. The molecular weight excluding hydrogens is 274 g/mol. The Morgan fingerprint density at radius 3 is 3.15 bits per heavy atom. The Bertz CT molecular complexity index is 637. The summed E-state index contributed by atoms with van der Waals surface area (Å²) >= 11 is 1.42. The van der Waals surface area contributed by atoms with Crippen LogP contribution in [0.2, 0.25) is 0 Å². The van der Waals surface area contributed by atoms with E-state index in [9.17, 15) is 9.90 Å². The van der Waals surface area contributed by atoms with Crippen molar-refractivity contribution >= 4 is 21.6 Å². The van der Waals surface area contributed by atoms with Crippen LogP contribution in [0.3, 0.4) is 0 Å². The van der Waals surface area contributed by atoms with Crippen molar-refractivity contribution in [2.24, 2.45) is 11.8 Å². The Labute approximate surface area is 121 Å². The van der Waals surface area contributed by atoms with E-state index < -0.39 is 0 Å². The smallest absolute Gasteiger partial charge is 0.268 e. The molecule has 2 aromatic heterocycles. The van der Waals surface area contributed by atoms with Gasteiger partial charge in [0, 0.05) is 6.61 Å². The molecule has 1 aliphatic carbocycles. The van der Waals surface area contributed by atoms with E-state index in [4.69, 9.17) is 0 Å². The molecule has 0 aromatic carbocycles. The minimum atomic E-state index is -0.0594. The fraction of sp³-hybridized carbons (Fsp3) is 0.571. The lowest BCUT2D eigenvalue weighted by Gasteiger charge is -2.17. The highest BCUT2D eigenvalue weighted by atomic mass is 32.1. The number of hydrogen-bond donors (Lipinski definition) is 3.